The summed E-state index contributed by atoms with van der Waals surface area (Å²) in [5.41, 5.74) is 6.66. The van der Waals surface area contributed by atoms with Gasteiger partial charge in [-0.25, -0.2) is 0 Å². The van der Waals surface area contributed by atoms with Crippen LogP contribution in [0, 0.1) is 0 Å². The number of oxime groups is 1. The summed E-state index contributed by atoms with van der Waals surface area (Å²) in [6, 6.07) is 11.6. The average molecular weight is 259 g/mol. The number of hydrogen-bond acceptors (Lipinski definition) is 4. The summed E-state index contributed by atoms with van der Waals surface area (Å²) in [5, 5.41) is 19.3. The van der Waals surface area contributed by atoms with E-state index in [-0.39, 0.29) is 11.9 Å². The van der Waals surface area contributed by atoms with E-state index in [2.05, 4.69) is 15.6 Å². The largest absolute Gasteiger partial charge is 0.409 e. The maximum absolute atomic E-state index is 8.72. The van der Waals surface area contributed by atoms with Crippen LogP contribution in [0.3, 0.4) is 0 Å². The lowest BCUT2D eigenvalue weighted by Crippen LogP contribution is -2.21. The molecule has 6 heteroatoms. The number of nitrogens with zero attached hydrogens (tertiary/aromatic N) is 3. The Hall–Kier alpha value is -2.50. The van der Waals surface area contributed by atoms with Gasteiger partial charge in [0.25, 0.3) is 0 Å². The number of nitrogens with one attached hydrogen (secondary N) is 1. The van der Waals surface area contributed by atoms with E-state index >= 15 is 0 Å². The van der Waals surface area contributed by atoms with E-state index in [1.54, 1.807) is 4.68 Å². The smallest absolute Gasteiger partial charge is 0.148 e. The molecule has 1 aromatic carbocycles. The van der Waals surface area contributed by atoms with Gasteiger partial charge < -0.3 is 16.3 Å². The molecule has 1 aromatic heterocycles. The van der Waals surface area contributed by atoms with Crippen LogP contribution < -0.4 is 11.1 Å². The number of aromatic nitrogens is 2. The van der Waals surface area contributed by atoms with Gasteiger partial charge in [0.15, 0.2) is 0 Å². The molecule has 0 saturated heterocycles. The van der Waals surface area contributed by atoms with Crippen LogP contribution in [0.4, 0.5) is 5.82 Å². The Labute approximate surface area is 111 Å². The van der Waals surface area contributed by atoms with E-state index in [0.717, 1.165) is 11.4 Å². The summed E-state index contributed by atoms with van der Waals surface area (Å²) >= 11 is 0. The van der Waals surface area contributed by atoms with Crippen molar-refractivity contribution < 1.29 is 5.21 Å². The Balaban J connectivity index is 2.19. The molecule has 2 aromatic rings. The van der Waals surface area contributed by atoms with Gasteiger partial charge in [-0.15, -0.1) is 0 Å². The molecule has 19 heavy (non-hydrogen) atoms. The quantitative estimate of drug-likeness (QED) is 0.330. The number of nitrogens with two attached hydrogens (primary N) is 1. The molecule has 0 bridgehead atoms. The number of hydrogen-bond donors (Lipinski definition) is 3. The maximum Gasteiger partial charge on any atom is 0.148 e. The lowest BCUT2D eigenvalue weighted by atomic mass is 10.0. The normalized spacial score (nSPS) is 13.2. The van der Waals surface area contributed by atoms with Gasteiger partial charge >= 0.3 is 0 Å². The standard InChI is InChI=1S/C13H17N5O/c1-18-8-7-13(16-18)15-11(9-12(14)17-19)10-5-3-2-4-6-10/h2-8,11,19H,9H2,1H3,(H2,14,17)(H,15,16). The van der Waals surface area contributed by atoms with Crippen molar-refractivity contribution in [2.24, 2.45) is 17.9 Å². The Bertz CT molecular complexity index is 549. The van der Waals surface area contributed by atoms with Crippen molar-refractivity contribution in [3.05, 3.63) is 48.2 Å². The van der Waals surface area contributed by atoms with E-state index < -0.39 is 0 Å². The van der Waals surface area contributed by atoms with Gasteiger partial charge in [0.1, 0.15) is 11.7 Å². The Morgan fingerprint density at radius 3 is 2.74 bits per heavy atom. The predicted molar refractivity (Wildman–Crippen MR) is 74.0 cm³/mol. The molecule has 4 N–H and O–H groups in total. The first-order valence-electron chi connectivity index (χ1n) is 5.96. The van der Waals surface area contributed by atoms with Crippen molar-refractivity contribution >= 4 is 11.7 Å². The van der Waals surface area contributed by atoms with Gasteiger partial charge in [-0.1, -0.05) is 35.5 Å². The molecule has 0 radical (unpaired) electrons. The number of aryl methyl sites for hydroxylation is 1. The monoisotopic (exact) mass is 259 g/mol. The van der Waals surface area contributed by atoms with E-state index in [9.17, 15) is 0 Å². The molecule has 1 unspecified atom stereocenters. The van der Waals surface area contributed by atoms with E-state index in [1.165, 1.54) is 0 Å². The van der Waals surface area contributed by atoms with Gasteiger partial charge in [-0.05, 0) is 5.56 Å². The fourth-order valence-corrected chi connectivity index (χ4v) is 1.86. The minimum absolute atomic E-state index is 0.0907. The zero-order chi connectivity index (χ0) is 13.7. The van der Waals surface area contributed by atoms with Crippen LogP contribution in [0.1, 0.15) is 18.0 Å². The lowest BCUT2D eigenvalue weighted by molar-refractivity contribution is 0.316. The van der Waals surface area contributed by atoms with E-state index in [1.807, 2.05) is 49.6 Å². The summed E-state index contributed by atoms with van der Waals surface area (Å²) < 4.78 is 1.72. The highest BCUT2D eigenvalue weighted by Crippen LogP contribution is 2.21. The molecule has 0 aliphatic heterocycles. The van der Waals surface area contributed by atoms with Gasteiger partial charge in [0.2, 0.25) is 0 Å². The molecule has 0 fully saturated rings. The van der Waals surface area contributed by atoms with Crippen molar-refractivity contribution in [1.82, 2.24) is 9.78 Å². The molecule has 6 nitrogen and oxygen atoms in total. The summed E-state index contributed by atoms with van der Waals surface area (Å²) in [5.74, 6) is 0.930. The van der Waals surface area contributed by atoms with Gasteiger partial charge in [-0.2, -0.15) is 5.10 Å². The minimum atomic E-state index is -0.0907. The molecular formula is C13H17N5O. The summed E-state index contributed by atoms with van der Waals surface area (Å²) in [7, 11) is 1.85. The molecule has 100 valence electrons. The molecule has 1 heterocycles. The minimum Gasteiger partial charge on any atom is -0.409 e. The van der Waals surface area contributed by atoms with Crippen molar-refractivity contribution in [3.63, 3.8) is 0 Å². The first-order chi connectivity index (χ1) is 9.19. The van der Waals surface area contributed by atoms with Crippen LogP contribution in [0.15, 0.2) is 47.8 Å². The van der Waals surface area contributed by atoms with Gasteiger partial charge in [0.05, 0.1) is 6.04 Å². The third-order valence-corrected chi connectivity index (χ3v) is 2.78. The van der Waals surface area contributed by atoms with Crippen LogP contribution >= 0.6 is 0 Å². The maximum atomic E-state index is 8.72. The number of anilines is 1. The second-order valence-electron chi connectivity index (χ2n) is 4.28. The van der Waals surface area contributed by atoms with Crippen LogP contribution in [-0.2, 0) is 7.05 Å². The fraction of sp³-hybridized carbons (Fsp3) is 0.231. The fourth-order valence-electron chi connectivity index (χ4n) is 1.86. The Kier molecular flexibility index (Phi) is 4.02. The molecule has 0 aliphatic rings. The first kappa shape index (κ1) is 12.9. The molecule has 0 amide bonds. The number of amidine groups is 1. The zero-order valence-corrected chi connectivity index (χ0v) is 10.7. The van der Waals surface area contributed by atoms with Crippen LogP contribution in [0.2, 0.25) is 0 Å². The Morgan fingerprint density at radius 2 is 2.16 bits per heavy atom. The van der Waals surface area contributed by atoms with Crippen LogP contribution in [0.5, 0.6) is 0 Å². The SMILES string of the molecule is Cn1ccc(NC(CC(N)=NO)c2ccccc2)n1. The van der Waals surface area contributed by atoms with Gasteiger partial charge in [-0.3, -0.25) is 4.68 Å². The predicted octanol–water partition coefficient (Wildman–Crippen LogP) is 1.71. The summed E-state index contributed by atoms with van der Waals surface area (Å²) in [6.45, 7) is 0. The average Bonchev–Trinajstić information content (AvgIpc) is 2.84. The van der Waals surface area contributed by atoms with Crippen LogP contribution in [-0.4, -0.2) is 20.8 Å². The number of rotatable bonds is 5. The van der Waals surface area contributed by atoms with E-state index in [4.69, 9.17) is 10.9 Å². The van der Waals surface area contributed by atoms with Crippen molar-refractivity contribution in [1.29, 1.82) is 0 Å². The highest BCUT2D eigenvalue weighted by atomic mass is 16.4. The van der Waals surface area contributed by atoms with Crippen molar-refractivity contribution in [3.8, 4) is 0 Å². The summed E-state index contributed by atoms with van der Waals surface area (Å²) in [6.07, 6.45) is 2.25. The van der Waals surface area contributed by atoms with E-state index in [0.29, 0.717) is 6.42 Å². The molecule has 2 rings (SSSR count). The summed E-state index contributed by atoms with van der Waals surface area (Å²) in [4.78, 5) is 0. The van der Waals surface area contributed by atoms with Crippen molar-refractivity contribution in [2.75, 3.05) is 5.32 Å². The molecule has 0 saturated carbocycles. The third-order valence-electron chi connectivity index (χ3n) is 2.78. The molecular weight excluding hydrogens is 242 g/mol. The highest BCUT2D eigenvalue weighted by Gasteiger charge is 2.14. The highest BCUT2D eigenvalue weighted by molar-refractivity contribution is 5.80. The number of benzene rings is 1. The molecule has 1 atom stereocenters. The second-order valence-corrected chi connectivity index (χ2v) is 4.28. The Morgan fingerprint density at radius 1 is 1.42 bits per heavy atom. The van der Waals surface area contributed by atoms with Gasteiger partial charge in [0, 0.05) is 25.7 Å². The zero-order valence-electron chi connectivity index (χ0n) is 10.7. The third kappa shape index (κ3) is 3.48. The van der Waals surface area contributed by atoms with Crippen LogP contribution in [0.25, 0.3) is 0 Å². The molecule has 0 spiro atoms. The topological polar surface area (TPSA) is 88.5 Å². The lowest BCUT2D eigenvalue weighted by Gasteiger charge is -2.18. The second kappa shape index (κ2) is 5.90. The van der Waals surface area contributed by atoms with Crippen molar-refractivity contribution in [2.45, 2.75) is 12.5 Å². The first-order valence-corrected chi connectivity index (χ1v) is 5.96. The molecule has 0 aliphatic carbocycles.